The fourth-order valence-electron chi connectivity index (χ4n) is 2.29. The van der Waals surface area contributed by atoms with Crippen LogP contribution in [0, 0.1) is 0 Å². The molecular weight excluding hydrogens is 376 g/mol. The fourth-order valence-corrected chi connectivity index (χ4v) is 3.05. The van der Waals surface area contributed by atoms with Crippen LogP contribution in [0.25, 0.3) is 0 Å². The third-order valence-electron chi connectivity index (χ3n) is 3.47. The van der Waals surface area contributed by atoms with Crippen molar-refractivity contribution < 1.29 is 4.79 Å². The zero-order valence-electron chi connectivity index (χ0n) is 13.1. The van der Waals surface area contributed by atoms with E-state index in [0.717, 1.165) is 24.0 Å². The van der Waals surface area contributed by atoms with Crippen molar-refractivity contribution in [3.8, 4) is 0 Å². The Labute approximate surface area is 150 Å². The Morgan fingerprint density at radius 2 is 1.96 bits per heavy atom. The van der Waals surface area contributed by atoms with E-state index in [-0.39, 0.29) is 5.91 Å². The Bertz CT molecular complexity index is 649. The summed E-state index contributed by atoms with van der Waals surface area (Å²) in [5.74, 6) is -0.131. The van der Waals surface area contributed by atoms with E-state index in [0.29, 0.717) is 17.1 Å². The molecule has 0 fully saturated rings. The molecule has 0 saturated heterocycles. The van der Waals surface area contributed by atoms with E-state index >= 15 is 0 Å². The van der Waals surface area contributed by atoms with Crippen molar-refractivity contribution in [3.63, 3.8) is 0 Å². The number of nitrogens with one attached hydrogen (secondary N) is 1. The minimum Gasteiger partial charge on any atom is -0.352 e. The predicted octanol–water partition coefficient (Wildman–Crippen LogP) is 4.35. The van der Waals surface area contributed by atoms with E-state index in [4.69, 9.17) is 11.6 Å². The van der Waals surface area contributed by atoms with Gasteiger partial charge in [-0.25, -0.2) is 0 Å². The van der Waals surface area contributed by atoms with Crippen molar-refractivity contribution in [1.82, 2.24) is 10.2 Å². The smallest absolute Gasteiger partial charge is 0.252 e. The number of hydrogen-bond donors (Lipinski definition) is 1. The molecule has 0 spiro atoms. The molecule has 0 radical (unpaired) electrons. The number of carbonyl (C=O) groups excluding carboxylic acids is 1. The number of benzene rings is 2. The number of nitrogens with zero attached hydrogens (tertiary/aromatic N) is 1. The Kier molecular flexibility index (Phi) is 7.09. The van der Waals surface area contributed by atoms with Gasteiger partial charge in [0.05, 0.1) is 10.6 Å². The Morgan fingerprint density at radius 3 is 2.65 bits per heavy atom. The maximum absolute atomic E-state index is 12.1. The SMILES string of the molecule is CN(CCCNC(=O)c1ccc(Br)cc1Cl)Cc1ccccc1. The van der Waals surface area contributed by atoms with Crippen LogP contribution >= 0.6 is 27.5 Å². The average molecular weight is 396 g/mol. The molecule has 0 heterocycles. The molecule has 1 N–H and O–H groups in total. The van der Waals surface area contributed by atoms with Crippen molar-refractivity contribution in [2.45, 2.75) is 13.0 Å². The number of amides is 1. The lowest BCUT2D eigenvalue weighted by Gasteiger charge is -2.16. The molecule has 1 amide bonds. The lowest BCUT2D eigenvalue weighted by Crippen LogP contribution is -2.28. The number of hydrogen-bond acceptors (Lipinski definition) is 2. The number of halogens is 2. The monoisotopic (exact) mass is 394 g/mol. The van der Waals surface area contributed by atoms with E-state index in [1.807, 2.05) is 24.3 Å². The van der Waals surface area contributed by atoms with Gasteiger partial charge in [-0.05, 0) is 43.8 Å². The van der Waals surface area contributed by atoms with Gasteiger partial charge in [-0.3, -0.25) is 4.79 Å². The quantitative estimate of drug-likeness (QED) is 0.707. The second-order valence-corrected chi connectivity index (χ2v) is 6.78. The topological polar surface area (TPSA) is 32.3 Å². The van der Waals surface area contributed by atoms with Crippen LogP contribution in [0.15, 0.2) is 53.0 Å². The molecular formula is C18H20BrClN2O. The van der Waals surface area contributed by atoms with Crippen LogP contribution in [-0.2, 0) is 6.54 Å². The molecule has 3 nitrogen and oxygen atoms in total. The van der Waals surface area contributed by atoms with Gasteiger partial charge in [0.25, 0.3) is 5.91 Å². The van der Waals surface area contributed by atoms with Gasteiger partial charge in [-0.2, -0.15) is 0 Å². The fraction of sp³-hybridized carbons (Fsp3) is 0.278. The zero-order valence-corrected chi connectivity index (χ0v) is 15.4. The Hall–Kier alpha value is -1.36. The molecule has 2 aromatic rings. The van der Waals surface area contributed by atoms with Gasteiger partial charge >= 0.3 is 0 Å². The van der Waals surface area contributed by atoms with E-state index < -0.39 is 0 Å². The third-order valence-corrected chi connectivity index (χ3v) is 4.28. The first kappa shape index (κ1) is 18.0. The lowest BCUT2D eigenvalue weighted by molar-refractivity contribution is 0.0952. The average Bonchev–Trinajstić information content (AvgIpc) is 2.52. The largest absolute Gasteiger partial charge is 0.352 e. The first-order valence-corrected chi connectivity index (χ1v) is 8.69. The molecule has 0 atom stereocenters. The van der Waals surface area contributed by atoms with Crippen LogP contribution < -0.4 is 5.32 Å². The lowest BCUT2D eigenvalue weighted by atomic mass is 10.2. The van der Waals surface area contributed by atoms with Crippen LogP contribution in [0.1, 0.15) is 22.3 Å². The summed E-state index contributed by atoms with van der Waals surface area (Å²) in [6.07, 6.45) is 0.892. The van der Waals surface area contributed by atoms with Crippen molar-refractivity contribution in [2.24, 2.45) is 0 Å². The molecule has 2 rings (SSSR count). The normalized spacial score (nSPS) is 10.8. The maximum atomic E-state index is 12.1. The minimum absolute atomic E-state index is 0.131. The second-order valence-electron chi connectivity index (χ2n) is 5.46. The van der Waals surface area contributed by atoms with Crippen molar-refractivity contribution in [3.05, 3.63) is 69.2 Å². The van der Waals surface area contributed by atoms with Gasteiger partial charge in [0.1, 0.15) is 0 Å². The number of carbonyl (C=O) groups is 1. The van der Waals surface area contributed by atoms with Crippen LogP contribution in [0.5, 0.6) is 0 Å². The molecule has 122 valence electrons. The van der Waals surface area contributed by atoms with Gasteiger partial charge in [0.2, 0.25) is 0 Å². The summed E-state index contributed by atoms with van der Waals surface area (Å²) < 4.78 is 0.863. The highest BCUT2D eigenvalue weighted by atomic mass is 79.9. The first-order chi connectivity index (χ1) is 11.1. The standard InChI is InChI=1S/C18H20BrClN2O/c1-22(13-14-6-3-2-4-7-14)11-5-10-21-18(23)16-9-8-15(19)12-17(16)20/h2-4,6-9,12H,5,10-11,13H2,1H3,(H,21,23). The molecule has 5 heteroatoms. The molecule has 23 heavy (non-hydrogen) atoms. The van der Waals surface area contributed by atoms with E-state index in [1.165, 1.54) is 5.56 Å². The maximum Gasteiger partial charge on any atom is 0.252 e. The van der Waals surface area contributed by atoms with Gasteiger partial charge in [0, 0.05) is 17.6 Å². The summed E-state index contributed by atoms with van der Waals surface area (Å²) >= 11 is 9.41. The third kappa shape index (κ3) is 5.98. The van der Waals surface area contributed by atoms with Gasteiger partial charge in [0.15, 0.2) is 0 Å². The molecule has 0 bridgehead atoms. The van der Waals surface area contributed by atoms with Crippen LogP contribution in [-0.4, -0.2) is 30.9 Å². The van der Waals surface area contributed by atoms with Gasteiger partial charge in [-0.1, -0.05) is 57.9 Å². The highest BCUT2D eigenvalue weighted by molar-refractivity contribution is 9.10. The van der Waals surface area contributed by atoms with E-state index in [2.05, 4.69) is 45.3 Å². The molecule has 0 unspecified atom stereocenters. The Balaban J connectivity index is 1.71. The summed E-state index contributed by atoms with van der Waals surface area (Å²) in [4.78, 5) is 14.3. The summed E-state index contributed by atoms with van der Waals surface area (Å²) in [7, 11) is 2.08. The van der Waals surface area contributed by atoms with Crippen molar-refractivity contribution in [2.75, 3.05) is 20.1 Å². The van der Waals surface area contributed by atoms with Crippen molar-refractivity contribution in [1.29, 1.82) is 0 Å². The molecule has 0 aliphatic carbocycles. The van der Waals surface area contributed by atoms with E-state index in [1.54, 1.807) is 12.1 Å². The molecule has 0 aliphatic heterocycles. The molecule has 2 aromatic carbocycles. The second kappa shape index (κ2) is 9.06. The summed E-state index contributed by atoms with van der Waals surface area (Å²) in [6, 6.07) is 15.6. The summed E-state index contributed by atoms with van der Waals surface area (Å²) in [6.45, 7) is 2.46. The highest BCUT2D eigenvalue weighted by Gasteiger charge is 2.10. The highest BCUT2D eigenvalue weighted by Crippen LogP contribution is 2.21. The summed E-state index contributed by atoms with van der Waals surface area (Å²) in [5, 5.41) is 3.37. The molecule has 0 saturated carbocycles. The van der Waals surface area contributed by atoms with Crippen LogP contribution in [0.4, 0.5) is 0 Å². The zero-order chi connectivity index (χ0) is 16.7. The molecule has 0 aromatic heterocycles. The van der Waals surface area contributed by atoms with Gasteiger partial charge < -0.3 is 10.2 Å². The first-order valence-electron chi connectivity index (χ1n) is 7.52. The van der Waals surface area contributed by atoms with Crippen molar-refractivity contribution >= 4 is 33.4 Å². The molecule has 0 aliphatic rings. The van der Waals surface area contributed by atoms with Crippen LogP contribution in [0.2, 0.25) is 5.02 Å². The Morgan fingerprint density at radius 1 is 1.22 bits per heavy atom. The van der Waals surface area contributed by atoms with E-state index in [9.17, 15) is 4.79 Å². The predicted molar refractivity (Wildman–Crippen MR) is 98.9 cm³/mol. The minimum atomic E-state index is -0.131. The number of rotatable bonds is 7. The van der Waals surface area contributed by atoms with Gasteiger partial charge in [-0.15, -0.1) is 0 Å². The van der Waals surface area contributed by atoms with Crippen LogP contribution in [0.3, 0.4) is 0 Å². The summed E-state index contributed by atoms with van der Waals surface area (Å²) in [5.41, 5.74) is 1.80.